The summed E-state index contributed by atoms with van der Waals surface area (Å²) in [5, 5.41) is 0. The Morgan fingerprint density at radius 2 is 2.13 bits per heavy atom. The van der Waals surface area contributed by atoms with E-state index in [4.69, 9.17) is 11.5 Å². The smallest absolute Gasteiger partial charge is 0.148 e. The Balaban J connectivity index is 3.16. The molecule has 0 aliphatic carbocycles. The number of rotatable bonds is 2. The lowest BCUT2D eigenvalue weighted by atomic mass is 10.1. The van der Waals surface area contributed by atoms with Crippen molar-refractivity contribution in [2.45, 2.75) is 33.2 Å². The molecule has 84 valence electrons. The van der Waals surface area contributed by atoms with Crippen LogP contribution in [0.25, 0.3) is 0 Å². The third-order valence-corrected chi connectivity index (χ3v) is 2.10. The van der Waals surface area contributed by atoms with Gasteiger partial charge in [-0.15, -0.1) is 0 Å². The maximum atomic E-state index is 5.96. The number of nitrogens with zero attached hydrogens (tertiary/aromatic N) is 3. The van der Waals surface area contributed by atoms with Gasteiger partial charge < -0.3 is 16.0 Å². The van der Waals surface area contributed by atoms with E-state index in [1.807, 2.05) is 11.5 Å². The average Bonchev–Trinajstić information content (AvgIpc) is 2.46. The first-order valence-electron chi connectivity index (χ1n) is 5.01. The third kappa shape index (κ3) is 2.29. The maximum absolute atomic E-state index is 5.96. The number of anilines is 1. The van der Waals surface area contributed by atoms with Crippen LogP contribution < -0.4 is 11.5 Å². The van der Waals surface area contributed by atoms with E-state index in [0.29, 0.717) is 23.9 Å². The number of amidine groups is 1. The Morgan fingerprint density at radius 1 is 1.53 bits per heavy atom. The van der Waals surface area contributed by atoms with E-state index < -0.39 is 0 Å². The lowest BCUT2D eigenvalue weighted by molar-refractivity contribution is 0.402. The first kappa shape index (κ1) is 11.6. The SMILES string of the molecule is CC/N=C(/N)c1ncn(C(C)(C)C)c1N. The number of nitrogens with two attached hydrogens (primary N) is 2. The molecule has 1 aromatic rings. The van der Waals surface area contributed by atoms with Crippen molar-refractivity contribution in [2.75, 3.05) is 12.3 Å². The molecule has 1 rings (SSSR count). The fourth-order valence-electron chi connectivity index (χ4n) is 1.34. The van der Waals surface area contributed by atoms with Gasteiger partial charge in [-0.05, 0) is 27.7 Å². The first-order chi connectivity index (χ1) is 6.88. The molecule has 0 aromatic carbocycles. The molecule has 1 aromatic heterocycles. The molecule has 0 bridgehead atoms. The molecule has 0 saturated heterocycles. The fourth-order valence-corrected chi connectivity index (χ4v) is 1.34. The van der Waals surface area contributed by atoms with E-state index in [9.17, 15) is 0 Å². The molecule has 0 unspecified atom stereocenters. The zero-order valence-electron chi connectivity index (χ0n) is 9.78. The highest BCUT2D eigenvalue weighted by Crippen LogP contribution is 2.20. The molecule has 0 fully saturated rings. The van der Waals surface area contributed by atoms with Gasteiger partial charge in [0.2, 0.25) is 0 Å². The highest BCUT2D eigenvalue weighted by atomic mass is 15.2. The topological polar surface area (TPSA) is 82.2 Å². The number of aromatic nitrogens is 2. The lowest BCUT2D eigenvalue weighted by Gasteiger charge is -2.22. The molecule has 0 spiro atoms. The van der Waals surface area contributed by atoms with Gasteiger partial charge in [-0.2, -0.15) is 0 Å². The first-order valence-corrected chi connectivity index (χ1v) is 5.01. The molecule has 0 aliphatic heterocycles. The second-order valence-electron chi connectivity index (χ2n) is 4.38. The van der Waals surface area contributed by atoms with E-state index >= 15 is 0 Å². The second-order valence-corrected chi connectivity index (χ2v) is 4.38. The molecule has 0 saturated carbocycles. The zero-order valence-corrected chi connectivity index (χ0v) is 9.78. The third-order valence-electron chi connectivity index (χ3n) is 2.10. The van der Waals surface area contributed by atoms with Crippen molar-refractivity contribution in [1.82, 2.24) is 9.55 Å². The minimum atomic E-state index is -0.0954. The predicted octanol–water partition coefficient (Wildman–Crippen LogP) is 0.945. The number of aliphatic imine (C=N–C) groups is 1. The Hall–Kier alpha value is -1.52. The van der Waals surface area contributed by atoms with Crippen LogP contribution in [0.5, 0.6) is 0 Å². The van der Waals surface area contributed by atoms with Crippen LogP contribution in [0.3, 0.4) is 0 Å². The molecule has 1 heterocycles. The van der Waals surface area contributed by atoms with Gasteiger partial charge in [0.25, 0.3) is 0 Å². The summed E-state index contributed by atoms with van der Waals surface area (Å²) in [7, 11) is 0. The normalized spacial score (nSPS) is 13.2. The Kier molecular flexibility index (Phi) is 3.02. The zero-order chi connectivity index (χ0) is 11.6. The van der Waals surface area contributed by atoms with Gasteiger partial charge in [0.1, 0.15) is 17.3 Å². The number of hydrogen-bond donors (Lipinski definition) is 2. The minimum absolute atomic E-state index is 0.0954. The standard InChI is InChI=1S/C10H19N5/c1-5-13-8(11)7-9(12)15(6-14-7)10(2,3)4/h6H,5,12H2,1-4H3,(H2,11,13). The van der Waals surface area contributed by atoms with E-state index in [1.165, 1.54) is 0 Å². The van der Waals surface area contributed by atoms with E-state index in [-0.39, 0.29) is 5.54 Å². The maximum Gasteiger partial charge on any atom is 0.148 e. The van der Waals surface area contributed by atoms with E-state index in [0.717, 1.165) is 0 Å². The highest BCUT2D eigenvalue weighted by molar-refractivity contribution is 5.99. The fraction of sp³-hybridized carbons (Fsp3) is 0.600. The van der Waals surface area contributed by atoms with Crippen LogP contribution >= 0.6 is 0 Å². The second kappa shape index (κ2) is 3.92. The summed E-state index contributed by atoms with van der Waals surface area (Å²) < 4.78 is 1.89. The van der Waals surface area contributed by atoms with Crippen LogP contribution in [0.2, 0.25) is 0 Å². The van der Waals surface area contributed by atoms with Crippen molar-refractivity contribution < 1.29 is 0 Å². The van der Waals surface area contributed by atoms with Crippen molar-refractivity contribution in [3.63, 3.8) is 0 Å². The van der Waals surface area contributed by atoms with Crippen LogP contribution in [0.1, 0.15) is 33.4 Å². The molecule has 0 radical (unpaired) electrons. The average molecular weight is 209 g/mol. The Morgan fingerprint density at radius 3 is 2.53 bits per heavy atom. The van der Waals surface area contributed by atoms with Crippen molar-refractivity contribution in [3.05, 3.63) is 12.0 Å². The summed E-state index contributed by atoms with van der Waals surface area (Å²) in [6.45, 7) is 8.73. The summed E-state index contributed by atoms with van der Waals surface area (Å²) in [5.74, 6) is 0.968. The molecule has 0 amide bonds. The van der Waals surface area contributed by atoms with Crippen LogP contribution in [0.15, 0.2) is 11.3 Å². The van der Waals surface area contributed by atoms with Crippen LogP contribution in [-0.2, 0) is 5.54 Å². The van der Waals surface area contributed by atoms with Gasteiger partial charge in [-0.25, -0.2) is 4.98 Å². The monoisotopic (exact) mass is 209 g/mol. The van der Waals surface area contributed by atoms with Gasteiger partial charge >= 0.3 is 0 Å². The van der Waals surface area contributed by atoms with Crippen molar-refractivity contribution in [3.8, 4) is 0 Å². The molecule has 5 nitrogen and oxygen atoms in total. The van der Waals surface area contributed by atoms with Crippen LogP contribution in [-0.4, -0.2) is 21.9 Å². The van der Waals surface area contributed by atoms with Crippen molar-refractivity contribution in [2.24, 2.45) is 10.7 Å². The van der Waals surface area contributed by atoms with Gasteiger partial charge in [-0.1, -0.05) is 0 Å². The summed E-state index contributed by atoms with van der Waals surface area (Å²) in [5.41, 5.74) is 12.2. The molecular formula is C10H19N5. The molecule has 0 atom stereocenters. The Labute approximate surface area is 90.2 Å². The number of nitrogen functional groups attached to an aromatic ring is 1. The van der Waals surface area contributed by atoms with Gasteiger partial charge in [-0.3, -0.25) is 4.99 Å². The summed E-state index contributed by atoms with van der Waals surface area (Å²) in [4.78, 5) is 8.27. The van der Waals surface area contributed by atoms with E-state index in [2.05, 4.69) is 30.7 Å². The lowest BCUT2D eigenvalue weighted by Crippen LogP contribution is -2.24. The van der Waals surface area contributed by atoms with Gasteiger partial charge in [0.05, 0.1) is 6.33 Å². The van der Waals surface area contributed by atoms with Crippen LogP contribution in [0.4, 0.5) is 5.82 Å². The Bertz CT molecular complexity index is 370. The van der Waals surface area contributed by atoms with Crippen molar-refractivity contribution in [1.29, 1.82) is 0 Å². The predicted molar refractivity (Wildman–Crippen MR) is 62.9 cm³/mol. The largest absolute Gasteiger partial charge is 0.383 e. The highest BCUT2D eigenvalue weighted by Gasteiger charge is 2.19. The number of imidazole rings is 1. The molecule has 15 heavy (non-hydrogen) atoms. The molecule has 0 aliphatic rings. The summed E-state index contributed by atoms with van der Waals surface area (Å²) >= 11 is 0. The molecular weight excluding hydrogens is 190 g/mol. The molecule has 5 heteroatoms. The van der Waals surface area contributed by atoms with Gasteiger partial charge in [0.15, 0.2) is 0 Å². The van der Waals surface area contributed by atoms with Crippen LogP contribution in [0, 0.1) is 0 Å². The van der Waals surface area contributed by atoms with E-state index in [1.54, 1.807) is 6.33 Å². The number of hydrogen-bond acceptors (Lipinski definition) is 3. The molecule has 4 N–H and O–H groups in total. The summed E-state index contributed by atoms with van der Waals surface area (Å²) in [6, 6.07) is 0. The van der Waals surface area contributed by atoms with Crippen molar-refractivity contribution >= 4 is 11.7 Å². The summed E-state index contributed by atoms with van der Waals surface area (Å²) in [6.07, 6.45) is 1.70. The minimum Gasteiger partial charge on any atom is -0.383 e. The quantitative estimate of drug-likeness (QED) is 0.562. The van der Waals surface area contributed by atoms with Gasteiger partial charge in [0, 0.05) is 12.1 Å².